The van der Waals surface area contributed by atoms with Crippen molar-refractivity contribution >= 4 is 10.9 Å². The first-order chi connectivity index (χ1) is 10.9. The van der Waals surface area contributed by atoms with E-state index in [1.807, 2.05) is 12.3 Å². The Balaban J connectivity index is 1.51. The van der Waals surface area contributed by atoms with E-state index in [-0.39, 0.29) is 0 Å². The van der Waals surface area contributed by atoms with E-state index < -0.39 is 0 Å². The summed E-state index contributed by atoms with van der Waals surface area (Å²) in [5.41, 5.74) is 3.26. The SMILES string of the molecule is c1ccc2c(-c3cn(C4CN5CCC4CC5)nn3)c[nH]c2c1. The highest BCUT2D eigenvalue weighted by Gasteiger charge is 2.35. The number of aromatic nitrogens is 4. The molecule has 3 aromatic rings. The number of nitrogens with zero attached hydrogens (tertiary/aromatic N) is 4. The summed E-state index contributed by atoms with van der Waals surface area (Å²) in [6.07, 6.45) is 6.76. The Hall–Kier alpha value is -2.14. The predicted molar refractivity (Wildman–Crippen MR) is 85.5 cm³/mol. The fourth-order valence-corrected chi connectivity index (χ4v) is 4.08. The third-order valence-electron chi connectivity index (χ3n) is 5.34. The molecule has 0 amide bonds. The maximum absolute atomic E-state index is 4.45. The van der Waals surface area contributed by atoms with E-state index in [0.29, 0.717) is 6.04 Å². The van der Waals surface area contributed by atoms with Gasteiger partial charge in [0.05, 0.1) is 12.2 Å². The summed E-state index contributed by atoms with van der Waals surface area (Å²) in [5.74, 6) is 0.766. The van der Waals surface area contributed by atoms with Crippen LogP contribution >= 0.6 is 0 Å². The van der Waals surface area contributed by atoms with Crippen molar-refractivity contribution in [2.75, 3.05) is 19.6 Å². The molecule has 0 radical (unpaired) electrons. The van der Waals surface area contributed by atoms with Crippen molar-refractivity contribution in [2.24, 2.45) is 5.92 Å². The van der Waals surface area contributed by atoms with Crippen molar-refractivity contribution in [1.82, 2.24) is 24.9 Å². The minimum atomic E-state index is 0.494. The van der Waals surface area contributed by atoms with E-state index >= 15 is 0 Å². The van der Waals surface area contributed by atoms with Crippen molar-refractivity contribution in [3.8, 4) is 11.3 Å². The number of hydrogen-bond donors (Lipinski definition) is 1. The number of hydrogen-bond acceptors (Lipinski definition) is 3. The summed E-state index contributed by atoms with van der Waals surface area (Å²) in [5, 5.41) is 10.1. The van der Waals surface area contributed by atoms with Crippen molar-refractivity contribution < 1.29 is 0 Å². The highest BCUT2D eigenvalue weighted by atomic mass is 15.4. The van der Waals surface area contributed by atoms with E-state index in [4.69, 9.17) is 0 Å². The molecule has 22 heavy (non-hydrogen) atoms. The van der Waals surface area contributed by atoms with Gasteiger partial charge in [-0.1, -0.05) is 23.4 Å². The van der Waals surface area contributed by atoms with E-state index in [2.05, 4.69) is 49.3 Å². The maximum atomic E-state index is 4.45. The molecule has 0 saturated carbocycles. The number of benzene rings is 1. The quantitative estimate of drug-likeness (QED) is 0.790. The van der Waals surface area contributed by atoms with Gasteiger partial charge >= 0.3 is 0 Å². The van der Waals surface area contributed by atoms with Crippen molar-refractivity contribution in [3.05, 3.63) is 36.7 Å². The lowest BCUT2D eigenvalue weighted by Crippen LogP contribution is -2.48. The van der Waals surface area contributed by atoms with Crippen molar-refractivity contribution in [2.45, 2.75) is 18.9 Å². The van der Waals surface area contributed by atoms with E-state index in [0.717, 1.165) is 29.2 Å². The number of rotatable bonds is 2. The number of fused-ring (bicyclic) bond motifs is 4. The third-order valence-corrected chi connectivity index (χ3v) is 5.34. The Morgan fingerprint density at radius 1 is 1.14 bits per heavy atom. The lowest BCUT2D eigenvalue weighted by molar-refractivity contribution is 0.0504. The second-order valence-electron chi connectivity index (χ2n) is 6.54. The van der Waals surface area contributed by atoms with Gasteiger partial charge in [-0.25, -0.2) is 4.68 Å². The molecule has 112 valence electrons. The van der Waals surface area contributed by atoms with Crippen LogP contribution in [0.4, 0.5) is 0 Å². The first-order valence-corrected chi connectivity index (χ1v) is 8.09. The zero-order chi connectivity index (χ0) is 14.5. The van der Waals surface area contributed by atoms with Gasteiger partial charge < -0.3 is 9.88 Å². The molecule has 1 atom stereocenters. The molecule has 6 rings (SSSR count). The van der Waals surface area contributed by atoms with Crippen LogP contribution in [0.25, 0.3) is 22.2 Å². The van der Waals surface area contributed by atoms with Gasteiger partial charge in [-0.2, -0.15) is 0 Å². The summed E-state index contributed by atoms with van der Waals surface area (Å²) in [6, 6.07) is 8.84. The molecule has 0 aliphatic carbocycles. The Kier molecular flexibility index (Phi) is 2.64. The van der Waals surface area contributed by atoms with Gasteiger partial charge in [0.2, 0.25) is 0 Å². The standard InChI is InChI=1S/C17H19N5/c1-2-4-15-13(3-1)14(9-18-15)16-10-22(20-19-16)17-11-21-7-5-12(17)6-8-21/h1-4,9-10,12,17-18H,5-8,11H2. The van der Waals surface area contributed by atoms with Crippen LogP contribution in [0.3, 0.4) is 0 Å². The monoisotopic (exact) mass is 293 g/mol. The van der Waals surface area contributed by atoms with Crippen LogP contribution in [0, 0.1) is 5.92 Å². The zero-order valence-corrected chi connectivity index (χ0v) is 12.4. The lowest BCUT2D eigenvalue weighted by atomic mass is 9.84. The number of nitrogens with one attached hydrogen (secondary N) is 1. The predicted octanol–water partition coefficient (Wildman–Crippen LogP) is 2.69. The molecular formula is C17H19N5. The number of piperidine rings is 3. The van der Waals surface area contributed by atoms with Crippen LogP contribution in [0.15, 0.2) is 36.7 Å². The normalized spacial score (nSPS) is 27.5. The van der Waals surface area contributed by atoms with Gasteiger partial charge in [0.25, 0.3) is 0 Å². The summed E-state index contributed by atoms with van der Waals surface area (Å²) in [4.78, 5) is 5.87. The van der Waals surface area contributed by atoms with E-state index in [1.165, 1.54) is 31.3 Å². The number of aromatic amines is 1. The molecule has 3 aliphatic rings. The van der Waals surface area contributed by atoms with Crippen LogP contribution in [-0.2, 0) is 0 Å². The number of H-pyrrole nitrogens is 1. The molecule has 0 spiro atoms. The van der Waals surface area contributed by atoms with Crippen LogP contribution in [-0.4, -0.2) is 44.5 Å². The van der Waals surface area contributed by atoms with Crippen LogP contribution in [0.1, 0.15) is 18.9 Å². The molecule has 5 heteroatoms. The maximum Gasteiger partial charge on any atom is 0.115 e. The third kappa shape index (κ3) is 1.82. The summed E-state index contributed by atoms with van der Waals surface area (Å²) >= 11 is 0. The van der Waals surface area contributed by atoms with Gasteiger partial charge in [-0.15, -0.1) is 5.10 Å². The molecule has 3 saturated heterocycles. The largest absolute Gasteiger partial charge is 0.360 e. The molecular weight excluding hydrogens is 274 g/mol. The van der Waals surface area contributed by atoms with Gasteiger partial charge in [-0.3, -0.25) is 0 Å². The molecule has 2 aromatic heterocycles. The smallest absolute Gasteiger partial charge is 0.115 e. The highest BCUT2D eigenvalue weighted by Crippen LogP contribution is 2.36. The van der Waals surface area contributed by atoms with E-state index in [1.54, 1.807) is 0 Å². The van der Waals surface area contributed by atoms with Gasteiger partial charge in [0, 0.05) is 29.2 Å². The van der Waals surface area contributed by atoms with Gasteiger partial charge in [0.1, 0.15) is 5.69 Å². The molecule has 5 heterocycles. The molecule has 5 nitrogen and oxygen atoms in total. The minimum absolute atomic E-state index is 0.494. The van der Waals surface area contributed by atoms with E-state index in [9.17, 15) is 0 Å². The summed E-state index contributed by atoms with van der Waals surface area (Å²) in [7, 11) is 0. The average molecular weight is 293 g/mol. The Labute approximate surface area is 128 Å². The summed E-state index contributed by atoms with van der Waals surface area (Å²) < 4.78 is 2.10. The fourth-order valence-electron chi connectivity index (χ4n) is 4.08. The van der Waals surface area contributed by atoms with Gasteiger partial charge in [0.15, 0.2) is 0 Å². The molecule has 1 N–H and O–H groups in total. The molecule has 3 fully saturated rings. The highest BCUT2D eigenvalue weighted by molar-refractivity contribution is 5.94. The Bertz CT molecular complexity index is 809. The second kappa shape index (κ2) is 4.68. The van der Waals surface area contributed by atoms with Crippen molar-refractivity contribution in [3.63, 3.8) is 0 Å². The first-order valence-electron chi connectivity index (χ1n) is 8.09. The number of para-hydroxylation sites is 1. The van der Waals surface area contributed by atoms with Crippen LogP contribution in [0.2, 0.25) is 0 Å². The Morgan fingerprint density at radius 2 is 2.00 bits per heavy atom. The fraction of sp³-hybridized carbons (Fsp3) is 0.412. The Morgan fingerprint density at radius 3 is 2.82 bits per heavy atom. The zero-order valence-electron chi connectivity index (χ0n) is 12.4. The topological polar surface area (TPSA) is 49.7 Å². The van der Waals surface area contributed by atoms with Crippen LogP contribution < -0.4 is 0 Å². The van der Waals surface area contributed by atoms with Crippen molar-refractivity contribution in [1.29, 1.82) is 0 Å². The molecule has 1 unspecified atom stereocenters. The minimum Gasteiger partial charge on any atom is -0.360 e. The molecule has 3 aliphatic heterocycles. The average Bonchev–Trinajstić information content (AvgIpc) is 3.22. The molecule has 1 aromatic carbocycles. The first kappa shape index (κ1) is 12.4. The molecule has 2 bridgehead atoms. The van der Waals surface area contributed by atoms with Gasteiger partial charge in [-0.05, 0) is 37.9 Å². The second-order valence-corrected chi connectivity index (χ2v) is 6.54. The summed E-state index contributed by atoms with van der Waals surface area (Å²) in [6.45, 7) is 3.64. The van der Waals surface area contributed by atoms with Crippen LogP contribution in [0.5, 0.6) is 0 Å². The lowest BCUT2D eigenvalue weighted by Gasteiger charge is -2.44.